The normalized spacial score (nSPS) is 30.1. The summed E-state index contributed by atoms with van der Waals surface area (Å²) in [7, 11) is 0. The number of hydrogen-bond acceptors (Lipinski definition) is 2. The molecule has 0 aromatic carbocycles. The third kappa shape index (κ3) is 4.21. The maximum Gasteiger partial charge on any atom is 0.0244 e. The Hall–Kier alpha value is -0.0800. The van der Waals surface area contributed by atoms with Crippen LogP contribution in [0.5, 0.6) is 0 Å². The van der Waals surface area contributed by atoms with Crippen LogP contribution in [0.25, 0.3) is 0 Å². The monoisotopic (exact) mass is 280 g/mol. The van der Waals surface area contributed by atoms with Crippen LogP contribution in [-0.4, -0.2) is 36.6 Å². The average molecular weight is 281 g/mol. The standard InChI is InChI=1S/C18H36N2/c1-6-7-18(8-9-18)13-20-12-16(10-14(2)3)19-11-17(20)15(4)5/h14-17,19H,6-13H2,1-5H3. The van der Waals surface area contributed by atoms with Gasteiger partial charge in [0.1, 0.15) is 0 Å². The van der Waals surface area contributed by atoms with Crippen molar-refractivity contribution in [2.45, 2.75) is 78.8 Å². The van der Waals surface area contributed by atoms with E-state index >= 15 is 0 Å². The molecular weight excluding hydrogens is 244 g/mol. The lowest BCUT2D eigenvalue weighted by Gasteiger charge is -2.44. The number of rotatable bonds is 7. The summed E-state index contributed by atoms with van der Waals surface area (Å²) in [6.07, 6.45) is 7.07. The van der Waals surface area contributed by atoms with Crippen LogP contribution in [0, 0.1) is 17.3 Å². The lowest BCUT2D eigenvalue weighted by Crippen LogP contribution is -2.59. The third-order valence-electron chi connectivity index (χ3n) is 5.34. The predicted molar refractivity (Wildman–Crippen MR) is 88.0 cm³/mol. The smallest absolute Gasteiger partial charge is 0.0244 e. The number of nitrogens with zero attached hydrogens (tertiary/aromatic N) is 1. The molecular formula is C18H36N2. The summed E-state index contributed by atoms with van der Waals surface area (Å²) >= 11 is 0. The van der Waals surface area contributed by atoms with Crippen molar-refractivity contribution in [1.29, 1.82) is 0 Å². The van der Waals surface area contributed by atoms with Crippen molar-refractivity contribution >= 4 is 0 Å². The van der Waals surface area contributed by atoms with Gasteiger partial charge in [-0.25, -0.2) is 0 Å². The van der Waals surface area contributed by atoms with E-state index < -0.39 is 0 Å². The number of piperazine rings is 1. The molecule has 2 atom stereocenters. The molecule has 2 rings (SSSR count). The summed E-state index contributed by atoms with van der Waals surface area (Å²) in [5.74, 6) is 1.57. The molecule has 118 valence electrons. The van der Waals surface area contributed by atoms with Crippen molar-refractivity contribution in [3.63, 3.8) is 0 Å². The highest BCUT2D eigenvalue weighted by atomic mass is 15.2. The van der Waals surface area contributed by atoms with Crippen LogP contribution in [0.15, 0.2) is 0 Å². The van der Waals surface area contributed by atoms with Crippen LogP contribution in [0.1, 0.15) is 66.7 Å². The minimum Gasteiger partial charge on any atom is -0.311 e. The predicted octanol–water partition coefficient (Wildman–Crippen LogP) is 3.91. The largest absolute Gasteiger partial charge is 0.311 e. The molecule has 0 spiro atoms. The Morgan fingerprint density at radius 3 is 2.40 bits per heavy atom. The van der Waals surface area contributed by atoms with Gasteiger partial charge in [-0.2, -0.15) is 0 Å². The second-order valence-electron chi connectivity index (χ2n) is 8.23. The van der Waals surface area contributed by atoms with Crippen molar-refractivity contribution < 1.29 is 0 Å². The Bertz CT molecular complexity index is 294. The van der Waals surface area contributed by atoms with Crippen molar-refractivity contribution in [1.82, 2.24) is 10.2 Å². The molecule has 1 aliphatic heterocycles. The number of hydrogen-bond donors (Lipinski definition) is 1. The summed E-state index contributed by atoms with van der Waals surface area (Å²) in [5.41, 5.74) is 0.696. The summed E-state index contributed by atoms with van der Waals surface area (Å²) in [4.78, 5) is 2.84. The lowest BCUT2D eigenvalue weighted by molar-refractivity contribution is 0.0693. The second-order valence-corrected chi connectivity index (χ2v) is 8.23. The molecule has 2 fully saturated rings. The molecule has 2 heteroatoms. The third-order valence-corrected chi connectivity index (χ3v) is 5.34. The first-order valence-electron chi connectivity index (χ1n) is 8.93. The fourth-order valence-corrected chi connectivity index (χ4v) is 4.09. The zero-order valence-corrected chi connectivity index (χ0v) is 14.4. The van der Waals surface area contributed by atoms with E-state index in [1.165, 1.54) is 51.7 Å². The molecule has 0 aromatic heterocycles. The van der Waals surface area contributed by atoms with Gasteiger partial charge in [0.05, 0.1) is 0 Å². The summed E-state index contributed by atoms with van der Waals surface area (Å²) < 4.78 is 0. The van der Waals surface area contributed by atoms with Crippen LogP contribution < -0.4 is 5.32 Å². The summed E-state index contributed by atoms with van der Waals surface area (Å²) in [6, 6.07) is 1.45. The van der Waals surface area contributed by atoms with E-state index in [0.29, 0.717) is 11.5 Å². The molecule has 0 radical (unpaired) electrons. The topological polar surface area (TPSA) is 15.3 Å². The highest BCUT2D eigenvalue weighted by Crippen LogP contribution is 2.50. The van der Waals surface area contributed by atoms with Gasteiger partial charge < -0.3 is 5.32 Å². The van der Waals surface area contributed by atoms with Gasteiger partial charge in [-0.15, -0.1) is 0 Å². The van der Waals surface area contributed by atoms with Gasteiger partial charge in [-0.3, -0.25) is 4.90 Å². The molecule has 0 amide bonds. The molecule has 1 heterocycles. The van der Waals surface area contributed by atoms with E-state index in [-0.39, 0.29) is 0 Å². The Kier molecular flexibility index (Phi) is 5.53. The van der Waals surface area contributed by atoms with Crippen LogP contribution in [0.3, 0.4) is 0 Å². The zero-order valence-electron chi connectivity index (χ0n) is 14.4. The van der Waals surface area contributed by atoms with Crippen molar-refractivity contribution in [2.24, 2.45) is 17.3 Å². The van der Waals surface area contributed by atoms with Gasteiger partial charge in [0.15, 0.2) is 0 Å². The quantitative estimate of drug-likeness (QED) is 0.760. The highest BCUT2D eigenvalue weighted by molar-refractivity contribution is 4.99. The molecule has 20 heavy (non-hydrogen) atoms. The van der Waals surface area contributed by atoms with Gasteiger partial charge >= 0.3 is 0 Å². The molecule has 1 saturated heterocycles. The molecule has 0 bridgehead atoms. The SMILES string of the molecule is CCCC1(CN2CC(CC(C)C)NCC2C(C)C)CC1. The average Bonchev–Trinajstić information content (AvgIpc) is 3.08. The first-order chi connectivity index (χ1) is 9.46. The summed E-state index contributed by atoms with van der Waals surface area (Å²) in [6.45, 7) is 15.6. The van der Waals surface area contributed by atoms with Crippen molar-refractivity contribution in [3.05, 3.63) is 0 Å². The van der Waals surface area contributed by atoms with Gasteiger partial charge in [-0.1, -0.05) is 41.0 Å². The van der Waals surface area contributed by atoms with E-state index in [0.717, 1.165) is 17.9 Å². The Balaban J connectivity index is 1.96. The van der Waals surface area contributed by atoms with Crippen LogP contribution >= 0.6 is 0 Å². The Morgan fingerprint density at radius 1 is 1.20 bits per heavy atom. The lowest BCUT2D eigenvalue weighted by atomic mass is 9.92. The van der Waals surface area contributed by atoms with E-state index in [4.69, 9.17) is 0 Å². The second kappa shape index (κ2) is 6.79. The van der Waals surface area contributed by atoms with E-state index in [1.807, 2.05) is 0 Å². The molecule has 2 aliphatic rings. The molecule has 0 aromatic rings. The maximum absolute atomic E-state index is 3.81. The first kappa shape index (κ1) is 16.3. The Labute approximate surface area is 126 Å². The van der Waals surface area contributed by atoms with Crippen LogP contribution in [0.2, 0.25) is 0 Å². The fourth-order valence-electron chi connectivity index (χ4n) is 4.09. The van der Waals surface area contributed by atoms with Gasteiger partial charge in [-0.05, 0) is 42.9 Å². The maximum atomic E-state index is 3.81. The van der Waals surface area contributed by atoms with Crippen molar-refractivity contribution in [2.75, 3.05) is 19.6 Å². The minimum atomic E-state index is 0.696. The minimum absolute atomic E-state index is 0.696. The first-order valence-corrected chi connectivity index (χ1v) is 8.93. The van der Waals surface area contributed by atoms with Crippen LogP contribution in [0.4, 0.5) is 0 Å². The Morgan fingerprint density at radius 2 is 1.90 bits per heavy atom. The zero-order chi connectivity index (χ0) is 14.8. The summed E-state index contributed by atoms with van der Waals surface area (Å²) in [5, 5.41) is 3.81. The molecule has 1 aliphatic carbocycles. The van der Waals surface area contributed by atoms with Crippen LogP contribution in [-0.2, 0) is 0 Å². The highest BCUT2D eigenvalue weighted by Gasteiger charge is 2.45. The fraction of sp³-hybridized carbons (Fsp3) is 1.00. The molecule has 2 unspecified atom stereocenters. The molecule has 1 saturated carbocycles. The van der Waals surface area contributed by atoms with E-state index in [1.54, 1.807) is 0 Å². The van der Waals surface area contributed by atoms with E-state index in [9.17, 15) is 0 Å². The molecule has 1 N–H and O–H groups in total. The van der Waals surface area contributed by atoms with E-state index in [2.05, 4.69) is 44.8 Å². The molecule has 2 nitrogen and oxygen atoms in total. The van der Waals surface area contributed by atoms with Gasteiger partial charge in [0.25, 0.3) is 0 Å². The van der Waals surface area contributed by atoms with Gasteiger partial charge in [0.2, 0.25) is 0 Å². The number of nitrogens with one attached hydrogen (secondary N) is 1. The van der Waals surface area contributed by atoms with Crippen molar-refractivity contribution in [3.8, 4) is 0 Å². The van der Waals surface area contributed by atoms with Gasteiger partial charge in [0, 0.05) is 31.7 Å².